The van der Waals surface area contributed by atoms with Crippen LogP contribution in [0.1, 0.15) is 30.2 Å². The number of carbonyl (C=O) groups is 1. The molecular formula is C21H28N2O3S. The summed E-state index contributed by atoms with van der Waals surface area (Å²) in [5.41, 5.74) is 1.05. The van der Waals surface area contributed by atoms with E-state index in [0.29, 0.717) is 25.4 Å². The fraction of sp³-hybridized carbons (Fsp3) is 0.476. The zero-order chi connectivity index (χ0) is 19.1. The molecule has 0 saturated carbocycles. The first-order valence-corrected chi connectivity index (χ1v) is 10.4. The number of nitrogens with zero attached hydrogens (tertiary/aromatic N) is 1. The summed E-state index contributed by atoms with van der Waals surface area (Å²) >= 11 is 1.67. The highest BCUT2D eigenvalue weighted by atomic mass is 32.1. The van der Waals surface area contributed by atoms with E-state index in [9.17, 15) is 4.79 Å². The normalized spacial score (nSPS) is 16.7. The molecule has 1 N–H and O–H groups in total. The van der Waals surface area contributed by atoms with Crippen molar-refractivity contribution in [3.05, 3.63) is 46.2 Å². The lowest BCUT2D eigenvalue weighted by Crippen LogP contribution is -2.42. The van der Waals surface area contributed by atoms with Gasteiger partial charge in [0, 0.05) is 24.5 Å². The third kappa shape index (κ3) is 5.23. The lowest BCUT2D eigenvalue weighted by molar-refractivity contribution is -0.136. The smallest absolute Gasteiger partial charge is 0.227 e. The van der Waals surface area contributed by atoms with E-state index in [1.165, 1.54) is 4.88 Å². The predicted molar refractivity (Wildman–Crippen MR) is 108 cm³/mol. The van der Waals surface area contributed by atoms with Crippen LogP contribution >= 0.6 is 11.3 Å². The molecule has 1 aliphatic heterocycles. The second-order valence-electron chi connectivity index (χ2n) is 6.75. The Hall–Kier alpha value is -2.05. The lowest BCUT2D eigenvalue weighted by atomic mass is 9.98. The van der Waals surface area contributed by atoms with Crippen LogP contribution in [-0.2, 0) is 17.9 Å². The molecule has 1 aliphatic rings. The number of ether oxygens (including phenoxy) is 2. The molecule has 0 aliphatic carbocycles. The first-order chi connectivity index (χ1) is 13.2. The molecule has 2 heterocycles. The Labute approximate surface area is 165 Å². The van der Waals surface area contributed by atoms with Gasteiger partial charge in [0.15, 0.2) is 11.5 Å². The summed E-state index contributed by atoms with van der Waals surface area (Å²) in [6.45, 7) is 5.65. The van der Waals surface area contributed by atoms with Crippen molar-refractivity contribution in [3.63, 3.8) is 0 Å². The molecular weight excluding hydrogens is 360 g/mol. The summed E-state index contributed by atoms with van der Waals surface area (Å²) in [6.07, 6.45) is 2.04. The molecule has 146 valence electrons. The zero-order valence-electron chi connectivity index (χ0n) is 16.1. The number of piperidine rings is 1. The molecule has 1 fully saturated rings. The molecule has 6 heteroatoms. The standard InChI is InChI=1S/C21H28N2O3S/c1-3-23(21(24)17-6-4-10-22-13-17)14-16-8-9-19(20(12-16)25-2)26-15-18-7-5-11-27-18/h5,7-9,11-12,17,22H,3-4,6,10,13-15H2,1-2H3. The molecule has 1 unspecified atom stereocenters. The first kappa shape index (κ1) is 19.7. The Bertz CT molecular complexity index is 727. The van der Waals surface area contributed by atoms with Gasteiger partial charge in [0.1, 0.15) is 6.61 Å². The summed E-state index contributed by atoms with van der Waals surface area (Å²) in [5, 5.41) is 5.37. The number of rotatable bonds is 8. The minimum atomic E-state index is 0.0917. The van der Waals surface area contributed by atoms with E-state index < -0.39 is 0 Å². The quantitative estimate of drug-likeness (QED) is 0.749. The third-order valence-electron chi connectivity index (χ3n) is 4.89. The summed E-state index contributed by atoms with van der Waals surface area (Å²) in [6, 6.07) is 9.99. The van der Waals surface area contributed by atoms with Crippen LogP contribution in [0.15, 0.2) is 35.7 Å². The maximum Gasteiger partial charge on any atom is 0.227 e. The molecule has 1 atom stereocenters. The van der Waals surface area contributed by atoms with Gasteiger partial charge in [-0.25, -0.2) is 0 Å². The fourth-order valence-corrected chi connectivity index (χ4v) is 3.98. The highest BCUT2D eigenvalue weighted by molar-refractivity contribution is 7.09. The van der Waals surface area contributed by atoms with E-state index in [4.69, 9.17) is 9.47 Å². The molecule has 27 heavy (non-hydrogen) atoms. The maximum absolute atomic E-state index is 12.8. The van der Waals surface area contributed by atoms with Crippen LogP contribution in [0, 0.1) is 5.92 Å². The lowest BCUT2D eigenvalue weighted by Gasteiger charge is -2.29. The molecule has 2 aromatic rings. The van der Waals surface area contributed by atoms with Crippen molar-refractivity contribution in [2.45, 2.75) is 32.9 Å². The summed E-state index contributed by atoms with van der Waals surface area (Å²) in [5.74, 6) is 1.75. The second-order valence-corrected chi connectivity index (χ2v) is 7.78. The molecule has 5 nitrogen and oxygen atoms in total. The van der Waals surface area contributed by atoms with Gasteiger partial charge < -0.3 is 19.7 Å². The number of nitrogens with one attached hydrogen (secondary N) is 1. The number of benzene rings is 1. The molecule has 1 amide bonds. The fourth-order valence-electron chi connectivity index (χ4n) is 3.36. The molecule has 0 spiro atoms. The average molecular weight is 389 g/mol. The minimum absolute atomic E-state index is 0.0917. The Morgan fingerprint density at radius 1 is 1.33 bits per heavy atom. The first-order valence-electron chi connectivity index (χ1n) is 9.53. The van der Waals surface area contributed by atoms with Gasteiger partial charge in [-0.05, 0) is 55.5 Å². The largest absolute Gasteiger partial charge is 0.493 e. The van der Waals surface area contributed by atoms with Gasteiger partial charge in [-0.2, -0.15) is 0 Å². The van der Waals surface area contributed by atoms with Crippen LogP contribution in [0.5, 0.6) is 11.5 Å². The van der Waals surface area contributed by atoms with Gasteiger partial charge in [0.25, 0.3) is 0 Å². The topological polar surface area (TPSA) is 50.8 Å². The van der Waals surface area contributed by atoms with Crippen molar-refractivity contribution in [1.82, 2.24) is 10.2 Å². The Balaban J connectivity index is 1.65. The zero-order valence-corrected chi connectivity index (χ0v) is 16.9. The Kier molecular flexibility index (Phi) is 7.12. The van der Waals surface area contributed by atoms with Gasteiger partial charge in [-0.3, -0.25) is 4.79 Å². The van der Waals surface area contributed by atoms with Gasteiger partial charge >= 0.3 is 0 Å². The molecule has 1 aromatic carbocycles. The number of hydrogen-bond acceptors (Lipinski definition) is 5. The third-order valence-corrected chi connectivity index (χ3v) is 5.74. The number of hydrogen-bond donors (Lipinski definition) is 1. The van der Waals surface area contributed by atoms with Crippen LogP contribution in [0.2, 0.25) is 0 Å². The number of methoxy groups -OCH3 is 1. The summed E-state index contributed by atoms with van der Waals surface area (Å²) < 4.78 is 11.4. The number of carbonyl (C=O) groups excluding carboxylic acids is 1. The summed E-state index contributed by atoms with van der Waals surface area (Å²) in [4.78, 5) is 15.9. The van der Waals surface area contributed by atoms with Crippen LogP contribution in [0.3, 0.4) is 0 Å². The predicted octanol–water partition coefficient (Wildman–Crippen LogP) is 3.68. The van der Waals surface area contributed by atoms with Crippen LogP contribution < -0.4 is 14.8 Å². The van der Waals surface area contributed by atoms with E-state index in [1.54, 1.807) is 18.4 Å². The minimum Gasteiger partial charge on any atom is -0.493 e. The van der Waals surface area contributed by atoms with E-state index >= 15 is 0 Å². The van der Waals surface area contributed by atoms with E-state index in [-0.39, 0.29) is 11.8 Å². The van der Waals surface area contributed by atoms with Crippen molar-refractivity contribution in [1.29, 1.82) is 0 Å². The van der Waals surface area contributed by atoms with E-state index in [0.717, 1.165) is 37.2 Å². The average Bonchev–Trinajstić information content (AvgIpc) is 3.24. The monoisotopic (exact) mass is 388 g/mol. The van der Waals surface area contributed by atoms with Crippen molar-refractivity contribution in [2.75, 3.05) is 26.7 Å². The molecule has 0 bridgehead atoms. The number of thiophene rings is 1. The number of amides is 1. The van der Waals surface area contributed by atoms with Crippen LogP contribution in [-0.4, -0.2) is 37.6 Å². The van der Waals surface area contributed by atoms with E-state index in [2.05, 4.69) is 11.4 Å². The molecule has 1 saturated heterocycles. The van der Waals surface area contributed by atoms with Crippen LogP contribution in [0.25, 0.3) is 0 Å². The van der Waals surface area contributed by atoms with Crippen molar-refractivity contribution < 1.29 is 14.3 Å². The Morgan fingerprint density at radius 2 is 2.22 bits per heavy atom. The van der Waals surface area contributed by atoms with Crippen molar-refractivity contribution >= 4 is 17.2 Å². The SMILES string of the molecule is CCN(Cc1ccc(OCc2cccs2)c(OC)c1)C(=O)C1CCCNC1. The Morgan fingerprint density at radius 3 is 2.89 bits per heavy atom. The van der Waals surface area contributed by atoms with Crippen molar-refractivity contribution in [3.8, 4) is 11.5 Å². The highest BCUT2D eigenvalue weighted by Gasteiger charge is 2.25. The molecule has 0 radical (unpaired) electrons. The highest BCUT2D eigenvalue weighted by Crippen LogP contribution is 2.30. The second kappa shape index (κ2) is 9.76. The molecule has 3 rings (SSSR count). The van der Waals surface area contributed by atoms with Crippen molar-refractivity contribution in [2.24, 2.45) is 5.92 Å². The van der Waals surface area contributed by atoms with Gasteiger partial charge in [-0.15, -0.1) is 11.3 Å². The maximum atomic E-state index is 12.8. The summed E-state index contributed by atoms with van der Waals surface area (Å²) in [7, 11) is 1.65. The molecule has 1 aromatic heterocycles. The van der Waals surface area contributed by atoms with Gasteiger partial charge in [0.05, 0.1) is 13.0 Å². The van der Waals surface area contributed by atoms with Gasteiger partial charge in [0.2, 0.25) is 5.91 Å². The van der Waals surface area contributed by atoms with Crippen LogP contribution in [0.4, 0.5) is 0 Å². The van der Waals surface area contributed by atoms with Gasteiger partial charge in [-0.1, -0.05) is 12.1 Å². The van der Waals surface area contributed by atoms with E-state index in [1.807, 2.05) is 41.5 Å².